The molecule has 5 nitrogen and oxygen atoms in total. The number of anilines is 1. The van der Waals surface area contributed by atoms with E-state index in [0.29, 0.717) is 18.3 Å². The van der Waals surface area contributed by atoms with Crippen molar-refractivity contribution in [2.24, 2.45) is 11.8 Å². The van der Waals surface area contributed by atoms with Gasteiger partial charge in [0.05, 0.1) is 5.69 Å². The quantitative estimate of drug-likeness (QED) is 0.660. The lowest BCUT2D eigenvalue weighted by Crippen LogP contribution is -2.31. The van der Waals surface area contributed by atoms with Crippen LogP contribution in [0.4, 0.5) is 5.69 Å². The molecular formula is C24H35ClN4O. The van der Waals surface area contributed by atoms with Crippen molar-refractivity contribution in [2.45, 2.75) is 60.4 Å². The minimum Gasteiger partial charge on any atom is -0.371 e. The number of nitrogens with zero attached hydrogens (tertiary/aromatic N) is 3. The monoisotopic (exact) mass is 430 g/mol. The maximum Gasteiger partial charge on any atom is 0.220 e. The Morgan fingerprint density at radius 3 is 2.80 bits per heavy atom. The summed E-state index contributed by atoms with van der Waals surface area (Å²) in [7, 11) is 0. The normalized spacial score (nSPS) is 16.5. The van der Waals surface area contributed by atoms with Crippen molar-refractivity contribution in [3.8, 4) is 0 Å². The molecule has 0 saturated carbocycles. The molecule has 1 N–H and O–H groups in total. The van der Waals surface area contributed by atoms with Crippen LogP contribution in [0.2, 0.25) is 5.02 Å². The summed E-state index contributed by atoms with van der Waals surface area (Å²) < 4.78 is 2.08. The number of amides is 1. The van der Waals surface area contributed by atoms with Gasteiger partial charge in [-0.15, -0.1) is 0 Å². The number of rotatable bonds is 8. The third-order valence-electron chi connectivity index (χ3n) is 6.06. The maximum atomic E-state index is 12.5. The number of nitrogens with one attached hydrogen (secondary N) is 1. The summed E-state index contributed by atoms with van der Waals surface area (Å²) in [6.45, 7) is 14.3. The van der Waals surface area contributed by atoms with Gasteiger partial charge in [-0.3, -0.25) is 9.48 Å². The van der Waals surface area contributed by atoms with Crippen LogP contribution in [0, 0.1) is 32.6 Å². The number of aryl methyl sites for hydroxylation is 2. The molecule has 2 heterocycles. The number of carbonyl (C=O) groups is 1. The molecule has 0 aliphatic carbocycles. The van der Waals surface area contributed by atoms with Crippen molar-refractivity contribution in [2.75, 3.05) is 24.5 Å². The van der Waals surface area contributed by atoms with E-state index in [9.17, 15) is 4.79 Å². The second-order valence-electron chi connectivity index (χ2n) is 9.06. The van der Waals surface area contributed by atoms with E-state index in [1.165, 1.54) is 22.5 Å². The molecule has 0 radical (unpaired) electrons. The highest BCUT2D eigenvalue weighted by Crippen LogP contribution is 2.29. The SMILES string of the molecule is Cc1ccc(Cl)cc1N1CCC(CNC(=O)CCc2c(C)nn(CC(C)C)c2C)C1. The number of aromatic nitrogens is 2. The Morgan fingerprint density at radius 1 is 1.30 bits per heavy atom. The van der Waals surface area contributed by atoms with Crippen LogP contribution in [-0.2, 0) is 17.8 Å². The Balaban J connectivity index is 1.47. The molecule has 1 aliphatic rings. The van der Waals surface area contributed by atoms with Gasteiger partial charge in [-0.25, -0.2) is 0 Å². The molecule has 3 rings (SSSR count). The van der Waals surface area contributed by atoms with E-state index in [4.69, 9.17) is 11.6 Å². The molecule has 1 atom stereocenters. The van der Waals surface area contributed by atoms with Crippen LogP contribution < -0.4 is 10.2 Å². The van der Waals surface area contributed by atoms with Gasteiger partial charge in [0.1, 0.15) is 0 Å². The zero-order chi connectivity index (χ0) is 21.8. The van der Waals surface area contributed by atoms with Crippen LogP contribution in [-0.4, -0.2) is 35.3 Å². The van der Waals surface area contributed by atoms with E-state index in [2.05, 4.69) is 53.8 Å². The predicted molar refractivity (Wildman–Crippen MR) is 124 cm³/mol. The van der Waals surface area contributed by atoms with E-state index in [-0.39, 0.29) is 5.91 Å². The van der Waals surface area contributed by atoms with E-state index < -0.39 is 0 Å². The van der Waals surface area contributed by atoms with Crippen molar-refractivity contribution in [3.05, 3.63) is 45.7 Å². The van der Waals surface area contributed by atoms with E-state index in [1.54, 1.807) is 0 Å². The summed E-state index contributed by atoms with van der Waals surface area (Å²) in [5.74, 6) is 1.16. The lowest BCUT2D eigenvalue weighted by Gasteiger charge is -2.21. The average Bonchev–Trinajstić information content (AvgIpc) is 3.25. The summed E-state index contributed by atoms with van der Waals surface area (Å²) in [6.07, 6.45) is 2.35. The lowest BCUT2D eigenvalue weighted by molar-refractivity contribution is -0.121. The van der Waals surface area contributed by atoms with Crippen LogP contribution in [0.15, 0.2) is 18.2 Å². The first-order valence-corrected chi connectivity index (χ1v) is 11.4. The molecular weight excluding hydrogens is 396 g/mol. The molecule has 1 aromatic carbocycles. The van der Waals surface area contributed by atoms with Crippen molar-refractivity contribution in [3.63, 3.8) is 0 Å². The zero-order valence-electron chi connectivity index (χ0n) is 19.0. The number of hydrogen-bond donors (Lipinski definition) is 1. The van der Waals surface area contributed by atoms with Crippen LogP contribution >= 0.6 is 11.6 Å². The van der Waals surface area contributed by atoms with Crippen LogP contribution in [0.25, 0.3) is 0 Å². The Hall–Kier alpha value is -2.01. The highest BCUT2D eigenvalue weighted by Gasteiger charge is 2.24. The van der Waals surface area contributed by atoms with Gasteiger partial charge in [0.2, 0.25) is 5.91 Å². The molecule has 30 heavy (non-hydrogen) atoms. The van der Waals surface area contributed by atoms with E-state index in [0.717, 1.165) is 49.7 Å². The van der Waals surface area contributed by atoms with Gasteiger partial charge in [0, 0.05) is 49.0 Å². The van der Waals surface area contributed by atoms with Gasteiger partial charge >= 0.3 is 0 Å². The second-order valence-corrected chi connectivity index (χ2v) is 9.50. The largest absolute Gasteiger partial charge is 0.371 e. The first-order valence-electron chi connectivity index (χ1n) is 11.0. The smallest absolute Gasteiger partial charge is 0.220 e. The first kappa shape index (κ1) is 22.7. The number of halogens is 1. The molecule has 1 unspecified atom stereocenters. The van der Waals surface area contributed by atoms with E-state index in [1.807, 2.05) is 19.1 Å². The van der Waals surface area contributed by atoms with E-state index >= 15 is 0 Å². The summed E-state index contributed by atoms with van der Waals surface area (Å²) >= 11 is 6.18. The van der Waals surface area contributed by atoms with Gasteiger partial charge in [-0.05, 0) is 68.7 Å². The first-order chi connectivity index (χ1) is 14.2. The van der Waals surface area contributed by atoms with Crippen LogP contribution in [0.1, 0.15) is 49.2 Å². The third kappa shape index (κ3) is 5.57. The van der Waals surface area contributed by atoms with Crippen molar-refractivity contribution in [1.82, 2.24) is 15.1 Å². The van der Waals surface area contributed by atoms with Gasteiger partial charge in [-0.2, -0.15) is 5.10 Å². The third-order valence-corrected chi connectivity index (χ3v) is 6.29. The molecule has 1 saturated heterocycles. The van der Waals surface area contributed by atoms with Gasteiger partial charge in [0.25, 0.3) is 0 Å². The summed E-state index contributed by atoms with van der Waals surface area (Å²) in [5.41, 5.74) is 5.91. The fraction of sp³-hybridized carbons (Fsp3) is 0.583. The Kier molecular flexibility index (Phi) is 7.45. The molecule has 164 valence electrons. The standard InChI is InChI=1S/C24H35ClN4O/c1-16(2)14-29-19(5)22(18(4)27-29)8-9-24(30)26-13-20-10-11-28(15-20)23-12-21(25)7-6-17(23)3/h6-7,12,16,20H,8-11,13-15H2,1-5H3,(H,26,30). The molecule has 2 aromatic rings. The average molecular weight is 431 g/mol. The number of carbonyl (C=O) groups excluding carboxylic acids is 1. The number of hydrogen-bond acceptors (Lipinski definition) is 3. The lowest BCUT2D eigenvalue weighted by atomic mass is 10.1. The minimum absolute atomic E-state index is 0.128. The van der Waals surface area contributed by atoms with Crippen LogP contribution in [0.3, 0.4) is 0 Å². The van der Waals surface area contributed by atoms with Gasteiger partial charge in [-0.1, -0.05) is 31.5 Å². The molecule has 1 aromatic heterocycles. The molecule has 0 bridgehead atoms. The highest BCUT2D eigenvalue weighted by atomic mass is 35.5. The summed E-state index contributed by atoms with van der Waals surface area (Å²) in [4.78, 5) is 14.8. The molecule has 6 heteroatoms. The fourth-order valence-corrected chi connectivity index (χ4v) is 4.51. The Morgan fingerprint density at radius 2 is 2.07 bits per heavy atom. The van der Waals surface area contributed by atoms with Crippen LogP contribution in [0.5, 0.6) is 0 Å². The van der Waals surface area contributed by atoms with Crippen molar-refractivity contribution in [1.29, 1.82) is 0 Å². The predicted octanol–water partition coefficient (Wildman–Crippen LogP) is 4.69. The summed E-state index contributed by atoms with van der Waals surface area (Å²) in [6, 6.07) is 6.05. The molecule has 0 spiro atoms. The Labute approximate surface area is 185 Å². The van der Waals surface area contributed by atoms with Crippen molar-refractivity contribution < 1.29 is 4.79 Å². The second kappa shape index (κ2) is 9.86. The fourth-order valence-electron chi connectivity index (χ4n) is 4.35. The van der Waals surface area contributed by atoms with Crippen molar-refractivity contribution >= 4 is 23.2 Å². The molecule has 1 amide bonds. The zero-order valence-corrected chi connectivity index (χ0v) is 19.7. The van der Waals surface area contributed by atoms with Gasteiger partial charge in [0.15, 0.2) is 0 Å². The summed E-state index contributed by atoms with van der Waals surface area (Å²) in [5, 5.41) is 8.58. The highest BCUT2D eigenvalue weighted by molar-refractivity contribution is 6.30. The molecule has 1 aliphatic heterocycles. The molecule has 1 fully saturated rings. The maximum absolute atomic E-state index is 12.5. The topological polar surface area (TPSA) is 50.2 Å². The minimum atomic E-state index is 0.128. The Bertz CT molecular complexity index is 890. The van der Waals surface area contributed by atoms with Gasteiger partial charge < -0.3 is 10.2 Å². The number of benzene rings is 1.